The Kier molecular flexibility index (Phi) is 3.96. The monoisotopic (exact) mass is 325 g/mol. The van der Waals surface area contributed by atoms with Crippen LogP contribution in [0.25, 0.3) is 11.0 Å². The van der Waals surface area contributed by atoms with E-state index in [1.54, 1.807) is 11.3 Å². The second kappa shape index (κ2) is 5.72. The van der Waals surface area contributed by atoms with Crippen LogP contribution in [0, 0.1) is 0 Å². The van der Waals surface area contributed by atoms with Crippen LogP contribution in [0.4, 0.5) is 0 Å². The molecule has 1 atom stereocenters. The van der Waals surface area contributed by atoms with Gasteiger partial charge in [-0.2, -0.15) is 0 Å². The quantitative estimate of drug-likeness (QED) is 0.651. The van der Waals surface area contributed by atoms with E-state index in [0.717, 1.165) is 28.4 Å². The minimum Gasteiger partial charge on any atom is -0.325 e. The number of aromatic nitrogens is 3. The molecule has 6 heteroatoms. The molecule has 0 saturated heterocycles. The van der Waals surface area contributed by atoms with E-state index in [1.807, 2.05) is 29.8 Å². The second-order valence-corrected chi connectivity index (χ2v) is 6.25. The van der Waals surface area contributed by atoms with Crippen LogP contribution in [-0.2, 0) is 12.4 Å². The van der Waals surface area contributed by atoms with Crippen LogP contribution in [0.5, 0.6) is 0 Å². The summed E-state index contributed by atoms with van der Waals surface area (Å²) >= 11 is 14.0. The predicted octanol–water partition coefficient (Wildman–Crippen LogP) is 4.69. The van der Waals surface area contributed by atoms with Gasteiger partial charge in [-0.1, -0.05) is 24.6 Å². The fourth-order valence-electron chi connectivity index (χ4n) is 2.32. The highest BCUT2D eigenvalue weighted by atomic mass is 35.5. The fourth-order valence-corrected chi connectivity index (χ4v) is 3.48. The van der Waals surface area contributed by atoms with Gasteiger partial charge in [-0.15, -0.1) is 22.9 Å². The molecule has 0 fully saturated rings. The molecule has 0 saturated carbocycles. The van der Waals surface area contributed by atoms with Crippen molar-refractivity contribution in [2.45, 2.75) is 25.3 Å². The van der Waals surface area contributed by atoms with Gasteiger partial charge in [-0.3, -0.25) is 0 Å². The van der Waals surface area contributed by atoms with Gasteiger partial charge in [0.25, 0.3) is 0 Å². The zero-order valence-corrected chi connectivity index (χ0v) is 13.2. The van der Waals surface area contributed by atoms with Gasteiger partial charge < -0.3 is 4.57 Å². The molecule has 0 aliphatic carbocycles. The van der Waals surface area contributed by atoms with Crippen LogP contribution >= 0.6 is 34.5 Å². The molecule has 104 valence electrons. The first-order chi connectivity index (χ1) is 9.70. The van der Waals surface area contributed by atoms with Crippen molar-refractivity contribution in [3.05, 3.63) is 45.6 Å². The van der Waals surface area contributed by atoms with Gasteiger partial charge in [0.15, 0.2) is 0 Å². The number of hydrogen-bond donors (Lipinski definition) is 0. The van der Waals surface area contributed by atoms with E-state index >= 15 is 0 Å². The summed E-state index contributed by atoms with van der Waals surface area (Å²) in [4.78, 5) is 8.93. The number of alkyl halides is 1. The van der Waals surface area contributed by atoms with Crippen molar-refractivity contribution in [1.29, 1.82) is 0 Å². The molecule has 0 aliphatic heterocycles. The molecule has 3 aromatic rings. The number of benzene rings is 1. The maximum Gasteiger partial charge on any atom is 0.124 e. The number of nitrogens with zero attached hydrogens (tertiary/aromatic N) is 3. The minimum atomic E-state index is 0.297. The molecule has 2 aromatic heterocycles. The predicted molar refractivity (Wildman–Crippen MR) is 84.8 cm³/mol. The molecule has 20 heavy (non-hydrogen) atoms. The molecular formula is C14H13Cl2N3S. The summed E-state index contributed by atoms with van der Waals surface area (Å²) in [7, 11) is 0. The zero-order chi connectivity index (χ0) is 14.1. The first-order valence-electron chi connectivity index (χ1n) is 6.29. The van der Waals surface area contributed by atoms with Crippen molar-refractivity contribution < 1.29 is 0 Å². The van der Waals surface area contributed by atoms with E-state index in [9.17, 15) is 0 Å². The van der Waals surface area contributed by atoms with Crippen LogP contribution in [0.15, 0.2) is 29.8 Å². The van der Waals surface area contributed by atoms with E-state index in [0.29, 0.717) is 16.8 Å². The van der Waals surface area contributed by atoms with Gasteiger partial charge in [-0.05, 0) is 12.1 Å². The lowest BCUT2D eigenvalue weighted by molar-refractivity contribution is 0.592. The number of halogens is 2. The Balaban J connectivity index is 2.05. The van der Waals surface area contributed by atoms with Crippen molar-refractivity contribution in [2.24, 2.45) is 0 Å². The van der Waals surface area contributed by atoms with Crippen molar-refractivity contribution in [1.82, 2.24) is 14.5 Å². The molecule has 0 radical (unpaired) electrons. The number of hydrogen-bond acceptors (Lipinski definition) is 3. The second-order valence-electron chi connectivity index (χ2n) is 4.65. The molecule has 0 aliphatic rings. The highest BCUT2D eigenvalue weighted by Gasteiger charge is 2.16. The highest BCUT2D eigenvalue weighted by Crippen LogP contribution is 2.28. The topological polar surface area (TPSA) is 30.7 Å². The van der Waals surface area contributed by atoms with E-state index in [2.05, 4.69) is 21.5 Å². The molecule has 1 unspecified atom stereocenters. The van der Waals surface area contributed by atoms with Crippen molar-refractivity contribution >= 4 is 45.6 Å². The smallest absolute Gasteiger partial charge is 0.124 e. The number of para-hydroxylation sites is 1. The number of rotatable bonds is 4. The normalized spacial score (nSPS) is 12.9. The summed E-state index contributed by atoms with van der Waals surface area (Å²) in [6, 6.07) is 5.75. The molecule has 3 nitrogen and oxygen atoms in total. The molecule has 0 N–H and O–H groups in total. The molecule has 0 spiro atoms. The largest absolute Gasteiger partial charge is 0.325 e. The maximum absolute atomic E-state index is 6.32. The summed E-state index contributed by atoms with van der Waals surface area (Å²) in [6.07, 6.45) is 1.83. The van der Waals surface area contributed by atoms with Crippen molar-refractivity contribution in [3.8, 4) is 0 Å². The summed E-state index contributed by atoms with van der Waals surface area (Å²) in [5.74, 6) is 1.51. The van der Waals surface area contributed by atoms with Crippen LogP contribution in [0.1, 0.15) is 23.7 Å². The first kappa shape index (κ1) is 13.9. The molecular weight excluding hydrogens is 313 g/mol. The van der Waals surface area contributed by atoms with Crippen molar-refractivity contribution in [3.63, 3.8) is 0 Å². The van der Waals surface area contributed by atoms with Crippen LogP contribution in [-0.4, -0.2) is 14.5 Å². The van der Waals surface area contributed by atoms with E-state index in [-0.39, 0.29) is 0 Å². The van der Waals surface area contributed by atoms with Crippen LogP contribution in [0.3, 0.4) is 0 Å². The lowest BCUT2D eigenvalue weighted by atomic mass is 10.2. The standard InChI is InChI=1S/C14H13Cl2N3S/c1-9(14-17-5-6-20-14)8-19-12(7-15)18-11-4-2-3-10(16)13(11)19/h2-6,9H,7-8H2,1H3. The Labute approximate surface area is 131 Å². The van der Waals surface area contributed by atoms with Crippen molar-refractivity contribution in [2.75, 3.05) is 0 Å². The van der Waals surface area contributed by atoms with E-state index in [4.69, 9.17) is 23.2 Å². The Morgan fingerprint density at radius 1 is 1.40 bits per heavy atom. The van der Waals surface area contributed by atoms with Gasteiger partial charge in [0.05, 0.1) is 26.9 Å². The minimum absolute atomic E-state index is 0.297. The van der Waals surface area contributed by atoms with Crippen LogP contribution < -0.4 is 0 Å². The lowest BCUT2D eigenvalue weighted by Gasteiger charge is -2.13. The zero-order valence-electron chi connectivity index (χ0n) is 10.9. The summed E-state index contributed by atoms with van der Waals surface area (Å²) in [5, 5.41) is 3.81. The van der Waals surface area contributed by atoms with Crippen LogP contribution in [0.2, 0.25) is 5.02 Å². The highest BCUT2D eigenvalue weighted by molar-refractivity contribution is 7.09. The average Bonchev–Trinajstić information content (AvgIpc) is 3.07. The summed E-state index contributed by atoms with van der Waals surface area (Å²) in [5.41, 5.74) is 1.84. The first-order valence-corrected chi connectivity index (χ1v) is 8.09. The third-order valence-corrected chi connectivity index (χ3v) is 4.80. The van der Waals surface area contributed by atoms with Gasteiger partial charge in [0.1, 0.15) is 5.82 Å². The van der Waals surface area contributed by atoms with Gasteiger partial charge >= 0.3 is 0 Å². The Morgan fingerprint density at radius 2 is 2.25 bits per heavy atom. The molecule has 3 rings (SSSR count). The van der Waals surface area contributed by atoms with E-state index in [1.165, 1.54) is 0 Å². The third-order valence-electron chi connectivity index (χ3n) is 3.25. The SMILES string of the molecule is CC(Cn1c(CCl)nc2cccc(Cl)c21)c1nccs1. The lowest BCUT2D eigenvalue weighted by Crippen LogP contribution is -2.09. The number of fused-ring (bicyclic) bond motifs is 1. The van der Waals surface area contributed by atoms with Gasteiger partial charge in [0.2, 0.25) is 0 Å². The summed E-state index contributed by atoms with van der Waals surface area (Å²) < 4.78 is 2.11. The average molecular weight is 326 g/mol. The number of thiazole rings is 1. The molecule has 1 aromatic carbocycles. The molecule has 0 amide bonds. The Morgan fingerprint density at radius 3 is 2.95 bits per heavy atom. The third kappa shape index (κ3) is 2.43. The van der Waals surface area contributed by atoms with Gasteiger partial charge in [-0.25, -0.2) is 9.97 Å². The summed E-state index contributed by atoms with van der Waals surface area (Å²) in [6.45, 7) is 2.93. The fraction of sp³-hybridized carbons (Fsp3) is 0.286. The van der Waals surface area contributed by atoms with Gasteiger partial charge in [0, 0.05) is 24.0 Å². The maximum atomic E-state index is 6.32. The Hall–Kier alpha value is -1.10. The number of imidazole rings is 1. The molecule has 0 bridgehead atoms. The van der Waals surface area contributed by atoms with E-state index < -0.39 is 0 Å². The Bertz CT molecular complexity index is 721. The molecule has 2 heterocycles.